The Morgan fingerprint density at radius 2 is 1.95 bits per heavy atom. The van der Waals surface area contributed by atoms with Crippen LogP contribution in [0, 0.1) is 0 Å². The van der Waals surface area contributed by atoms with Crippen molar-refractivity contribution in [3.63, 3.8) is 0 Å². The number of hydrogen-bond donors (Lipinski definition) is 2. The fourth-order valence-corrected chi connectivity index (χ4v) is 2.23. The van der Waals surface area contributed by atoms with Gasteiger partial charge in [0.25, 0.3) is 0 Å². The van der Waals surface area contributed by atoms with E-state index in [4.69, 9.17) is 10.5 Å². The molecule has 1 aromatic carbocycles. The Bertz CT molecular complexity index is 421. The minimum atomic E-state index is -4.46. The highest BCUT2D eigenvalue weighted by Gasteiger charge is 2.36. The SMILES string of the molecule is CCOc1cc(CCCCN)cc(S)c1C(F)(F)F. The number of aryl methyl sites for hydroxylation is 1. The molecule has 0 spiro atoms. The first-order valence-corrected chi connectivity index (χ1v) is 6.60. The van der Waals surface area contributed by atoms with E-state index in [1.54, 1.807) is 6.92 Å². The molecule has 108 valence electrons. The zero-order chi connectivity index (χ0) is 14.5. The van der Waals surface area contributed by atoms with Crippen LogP contribution in [-0.2, 0) is 12.6 Å². The minimum Gasteiger partial charge on any atom is -0.493 e. The fourth-order valence-electron chi connectivity index (χ4n) is 1.83. The number of hydrogen-bond acceptors (Lipinski definition) is 3. The molecule has 0 amide bonds. The van der Waals surface area contributed by atoms with Gasteiger partial charge in [-0.1, -0.05) is 0 Å². The molecule has 0 aliphatic rings. The maximum atomic E-state index is 12.9. The molecule has 19 heavy (non-hydrogen) atoms. The molecule has 0 aliphatic carbocycles. The summed E-state index contributed by atoms with van der Waals surface area (Å²) in [5.41, 5.74) is 5.37. The van der Waals surface area contributed by atoms with Gasteiger partial charge in [-0.15, -0.1) is 12.6 Å². The van der Waals surface area contributed by atoms with Gasteiger partial charge in [0.1, 0.15) is 11.3 Å². The Kier molecular flexibility index (Phi) is 6.00. The molecule has 0 heterocycles. The van der Waals surface area contributed by atoms with Crippen LogP contribution in [-0.4, -0.2) is 13.2 Å². The highest BCUT2D eigenvalue weighted by Crippen LogP contribution is 2.41. The second-order valence-corrected chi connectivity index (χ2v) is 4.65. The molecule has 1 aromatic rings. The summed E-state index contributed by atoms with van der Waals surface area (Å²) >= 11 is 3.94. The Hall–Kier alpha value is -0.880. The lowest BCUT2D eigenvalue weighted by molar-refractivity contribution is -0.141. The number of alkyl halides is 3. The summed E-state index contributed by atoms with van der Waals surface area (Å²) in [5, 5.41) is 0. The molecule has 0 saturated heterocycles. The molecular weight excluding hydrogens is 275 g/mol. The molecule has 1 rings (SSSR count). The van der Waals surface area contributed by atoms with Crippen molar-refractivity contribution in [1.29, 1.82) is 0 Å². The zero-order valence-electron chi connectivity index (χ0n) is 10.8. The smallest absolute Gasteiger partial charge is 0.421 e. The first-order valence-electron chi connectivity index (χ1n) is 6.16. The molecule has 0 saturated carbocycles. The quantitative estimate of drug-likeness (QED) is 0.620. The third-order valence-electron chi connectivity index (χ3n) is 2.64. The number of rotatable bonds is 6. The van der Waals surface area contributed by atoms with Crippen LogP contribution in [0.4, 0.5) is 13.2 Å². The molecule has 0 aromatic heterocycles. The summed E-state index contributed by atoms with van der Waals surface area (Å²) in [6, 6.07) is 2.90. The lowest BCUT2D eigenvalue weighted by Crippen LogP contribution is -2.11. The average Bonchev–Trinajstić information content (AvgIpc) is 2.27. The monoisotopic (exact) mass is 293 g/mol. The van der Waals surface area contributed by atoms with E-state index in [0.717, 1.165) is 18.4 Å². The number of benzene rings is 1. The largest absolute Gasteiger partial charge is 0.493 e. The summed E-state index contributed by atoms with van der Waals surface area (Å²) < 4.78 is 43.9. The molecule has 0 bridgehead atoms. The van der Waals surface area contributed by atoms with Crippen LogP contribution in [0.3, 0.4) is 0 Å². The first kappa shape index (κ1) is 16.2. The standard InChI is InChI=1S/C13H18F3NOS/c1-2-18-10-7-9(5-3-4-6-17)8-11(19)12(10)13(14,15)16/h7-8,19H,2-6,17H2,1H3. The third-order valence-corrected chi connectivity index (χ3v) is 3.00. The Balaban J connectivity index is 3.07. The molecule has 0 fully saturated rings. The summed E-state index contributed by atoms with van der Waals surface area (Å²) in [6.45, 7) is 2.41. The molecule has 0 atom stereocenters. The van der Waals surface area contributed by atoms with E-state index in [1.807, 2.05) is 0 Å². The molecular formula is C13H18F3NOS. The van der Waals surface area contributed by atoms with Crippen LogP contribution < -0.4 is 10.5 Å². The normalized spacial score (nSPS) is 11.7. The second-order valence-electron chi connectivity index (χ2n) is 4.16. The van der Waals surface area contributed by atoms with Crippen molar-refractivity contribution in [1.82, 2.24) is 0 Å². The molecule has 2 nitrogen and oxygen atoms in total. The van der Waals surface area contributed by atoms with E-state index in [0.29, 0.717) is 13.0 Å². The topological polar surface area (TPSA) is 35.2 Å². The van der Waals surface area contributed by atoms with Gasteiger partial charge in [-0.05, 0) is 50.4 Å². The van der Waals surface area contributed by atoms with E-state index >= 15 is 0 Å². The van der Waals surface area contributed by atoms with Gasteiger partial charge in [-0.25, -0.2) is 0 Å². The molecule has 0 unspecified atom stereocenters. The van der Waals surface area contributed by atoms with Gasteiger partial charge in [0.2, 0.25) is 0 Å². The lowest BCUT2D eigenvalue weighted by Gasteiger charge is -2.17. The lowest BCUT2D eigenvalue weighted by atomic mass is 10.0. The van der Waals surface area contributed by atoms with Crippen molar-refractivity contribution < 1.29 is 17.9 Å². The van der Waals surface area contributed by atoms with Crippen molar-refractivity contribution in [2.75, 3.05) is 13.2 Å². The summed E-state index contributed by atoms with van der Waals surface area (Å²) in [5.74, 6) is -0.148. The Morgan fingerprint density at radius 3 is 2.47 bits per heavy atom. The molecule has 6 heteroatoms. The van der Waals surface area contributed by atoms with Gasteiger partial charge in [0.15, 0.2) is 0 Å². The van der Waals surface area contributed by atoms with E-state index in [2.05, 4.69) is 12.6 Å². The van der Waals surface area contributed by atoms with E-state index < -0.39 is 11.7 Å². The maximum Gasteiger partial charge on any atom is 0.421 e. The molecule has 0 radical (unpaired) electrons. The van der Waals surface area contributed by atoms with Crippen molar-refractivity contribution in [2.24, 2.45) is 5.73 Å². The van der Waals surface area contributed by atoms with Crippen molar-refractivity contribution >= 4 is 12.6 Å². The van der Waals surface area contributed by atoms with Crippen LogP contribution in [0.15, 0.2) is 17.0 Å². The molecule has 0 aliphatic heterocycles. The van der Waals surface area contributed by atoms with Crippen LogP contribution in [0.25, 0.3) is 0 Å². The van der Waals surface area contributed by atoms with Crippen molar-refractivity contribution in [3.8, 4) is 5.75 Å². The van der Waals surface area contributed by atoms with Gasteiger partial charge in [-0.2, -0.15) is 13.2 Å². The number of nitrogens with two attached hydrogens (primary N) is 1. The summed E-state index contributed by atoms with van der Waals surface area (Å²) in [7, 11) is 0. The van der Waals surface area contributed by atoms with E-state index in [-0.39, 0.29) is 17.3 Å². The predicted molar refractivity (Wildman–Crippen MR) is 71.9 cm³/mol. The number of halogens is 3. The van der Waals surface area contributed by atoms with Crippen LogP contribution in [0.2, 0.25) is 0 Å². The van der Waals surface area contributed by atoms with Gasteiger partial charge in [0, 0.05) is 4.90 Å². The highest BCUT2D eigenvalue weighted by molar-refractivity contribution is 7.80. The fraction of sp³-hybridized carbons (Fsp3) is 0.538. The van der Waals surface area contributed by atoms with E-state index in [9.17, 15) is 13.2 Å². The highest BCUT2D eigenvalue weighted by atomic mass is 32.1. The van der Waals surface area contributed by atoms with Crippen LogP contribution in [0.1, 0.15) is 30.9 Å². The number of unbranched alkanes of at least 4 members (excludes halogenated alkanes) is 1. The van der Waals surface area contributed by atoms with Crippen molar-refractivity contribution in [2.45, 2.75) is 37.3 Å². The van der Waals surface area contributed by atoms with Crippen molar-refractivity contribution in [3.05, 3.63) is 23.3 Å². The summed E-state index contributed by atoms with van der Waals surface area (Å²) in [4.78, 5) is -0.0961. The van der Waals surface area contributed by atoms with E-state index in [1.165, 1.54) is 12.1 Å². The predicted octanol–water partition coefficient (Wildman–Crippen LogP) is 3.67. The minimum absolute atomic E-state index is 0.0961. The number of ether oxygens (including phenoxy) is 1. The maximum absolute atomic E-state index is 12.9. The van der Waals surface area contributed by atoms with Gasteiger partial charge in [-0.3, -0.25) is 0 Å². The number of thiol groups is 1. The first-order chi connectivity index (χ1) is 8.90. The van der Waals surface area contributed by atoms with Crippen LogP contribution in [0.5, 0.6) is 5.75 Å². The third kappa shape index (κ3) is 4.62. The Morgan fingerprint density at radius 1 is 1.26 bits per heavy atom. The van der Waals surface area contributed by atoms with Gasteiger partial charge < -0.3 is 10.5 Å². The average molecular weight is 293 g/mol. The zero-order valence-corrected chi connectivity index (χ0v) is 11.7. The molecule has 2 N–H and O–H groups in total. The summed E-state index contributed by atoms with van der Waals surface area (Å²) in [6.07, 6.45) is -2.12. The second kappa shape index (κ2) is 7.05. The van der Waals surface area contributed by atoms with Crippen LogP contribution >= 0.6 is 12.6 Å². The van der Waals surface area contributed by atoms with Gasteiger partial charge in [0.05, 0.1) is 6.61 Å². The van der Waals surface area contributed by atoms with Gasteiger partial charge >= 0.3 is 6.18 Å². The Labute approximate surface area is 116 Å².